The third-order valence-corrected chi connectivity index (χ3v) is 4.05. The fourth-order valence-electron chi connectivity index (χ4n) is 1.04. The van der Waals surface area contributed by atoms with Crippen LogP contribution in [0.2, 0.25) is 0 Å². The lowest BCUT2D eigenvalue weighted by Crippen LogP contribution is -2.24. The molecule has 0 radical (unpaired) electrons. The van der Waals surface area contributed by atoms with E-state index < -0.39 is 10.0 Å². The van der Waals surface area contributed by atoms with Gasteiger partial charge in [-0.05, 0) is 18.1 Å². The Hall–Kier alpha value is -0.390. The molecule has 0 aliphatic carbocycles. The number of hydrogen-bond donors (Lipinski definition) is 1. The molecular formula is C10H14BrNO2S. The topological polar surface area (TPSA) is 46.2 Å². The predicted octanol–water partition coefficient (Wildman–Crippen LogP) is 2.02. The highest BCUT2D eigenvalue weighted by molar-refractivity contribution is 9.08. The van der Waals surface area contributed by atoms with Crippen LogP contribution in [0, 0.1) is 0 Å². The number of hydrogen-bond acceptors (Lipinski definition) is 2. The van der Waals surface area contributed by atoms with Crippen LogP contribution in [0.3, 0.4) is 0 Å². The maximum atomic E-state index is 11.2. The molecule has 0 atom stereocenters. The zero-order chi connectivity index (χ0) is 11.3. The molecule has 0 bridgehead atoms. The van der Waals surface area contributed by atoms with Crippen LogP contribution in [0.1, 0.15) is 18.1 Å². The van der Waals surface area contributed by atoms with Crippen molar-refractivity contribution in [3.8, 4) is 0 Å². The molecule has 0 saturated heterocycles. The maximum absolute atomic E-state index is 11.2. The van der Waals surface area contributed by atoms with Crippen molar-refractivity contribution in [3.63, 3.8) is 0 Å². The Balaban J connectivity index is 2.59. The predicted molar refractivity (Wildman–Crippen MR) is 65.4 cm³/mol. The van der Waals surface area contributed by atoms with E-state index in [0.29, 0.717) is 6.54 Å². The molecule has 0 aromatic heterocycles. The zero-order valence-corrected chi connectivity index (χ0v) is 10.9. The molecule has 0 heterocycles. The van der Waals surface area contributed by atoms with Crippen LogP contribution < -0.4 is 4.72 Å². The molecule has 0 amide bonds. The lowest BCUT2D eigenvalue weighted by molar-refractivity contribution is 0.582. The second kappa shape index (κ2) is 5.63. The molecule has 0 spiro atoms. The first-order valence-electron chi connectivity index (χ1n) is 4.68. The average Bonchev–Trinajstić information content (AvgIpc) is 2.27. The first kappa shape index (κ1) is 12.7. The molecular weight excluding hydrogens is 278 g/mol. The van der Waals surface area contributed by atoms with E-state index in [-0.39, 0.29) is 5.75 Å². The SMILES string of the molecule is CCS(=O)(=O)NCc1ccc(CBr)cc1. The molecule has 3 nitrogen and oxygen atoms in total. The number of halogens is 1. The molecule has 15 heavy (non-hydrogen) atoms. The molecule has 1 rings (SSSR count). The largest absolute Gasteiger partial charge is 0.212 e. The van der Waals surface area contributed by atoms with Gasteiger partial charge in [0.15, 0.2) is 0 Å². The van der Waals surface area contributed by atoms with E-state index in [0.717, 1.165) is 10.9 Å². The van der Waals surface area contributed by atoms with Gasteiger partial charge in [-0.25, -0.2) is 13.1 Å². The van der Waals surface area contributed by atoms with E-state index in [1.165, 1.54) is 5.56 Å². The number of alkyl halides is 1. The summed E-state index contributed by atoms with van der Waals surface area (Å²) < 4.78 is 24.9. The molecule has 0 fully saturated rings. The lowest BCUT2D eigenvalue weighted by Gasteiger charge is -2.04. The smallest absolute Gasteiger partial charge is 0.211 e. The Morgan fingerprint density at radius 2 is 1.73 bits per heavy atom. The summed E-state index contributed by atoms with van der Waals surface area (Å²) in [7, 11) is -3.09. The molecule has 5 heteroatoms. The molecule has 0 unspecified atom stereocenters. The van der Waals surface area contributed by atoms with Gasteiger partial charge < -0.3 is 0 Å². The Morgan fingerprint density at radius 3 is 2.20 bits per heavy atom. The molecule has 1 aromatic rings. The van der Waals surface area contributed by atoms with Gasteiger partial charge in [-0.3, -0.25) is 0 Å². The third kappa shape index (κ3) is 4.32. The van der Waals surface area contributed by atoms with Crippen molar-refractivity contribution in [3.05, 3.63) is 35.4 Å². The Bertz CT molecular complexity index is 400. The van der Waals surface area contributed by atoms with E-state index in [4.69, 9.17) is 0 Å². The number of rotatable bonds is 5. The summed E-state index contributed by atoms with van der Waals surface area (Å²) in [6, 6.07) is 7.80. The number of benzene rings is 1. The summed E-state index contributed by atoms with van der Waals surface area (Å²) in [6.07, 6.45) is 0. The Morgan fingerprint density at radius 1 is 1.20 bits per heavy atom. The van der Waals surface area contributed by atoms with Gasteiger partial charge in [-0.15, -0.1) is 0 Å². The minimum atomic E-state index is -3.09. The third-order valence-electron chi connectivity index (χ3n) is 2.05. The minimum absolute atomic E-state index is 0.118. The van der Waals surface area contributed by atoms with Gasteiger partial charge in [0.2, 0.25) is 10.0 Å². The first-order valence-corrected chi connectivity index (χ1v) is 7.46. The van der Waals surface area contributed by atoms with Gasteiger partial charge in [0.05, 0.1) is 5.75 Å². The summed E-state index contributed by atoms with van der Waals surface area (Å²) in [6.45, 7) is 1.98. The van der Waals surface area contributed by atoms with Crippen LogP contribution in [-0.2, 0) is 21.9 Å². The van der Waals surface area contributed by atoms with Gasteiger partial charge in [0.25, 0.3) is 0 Å². The van der Waals surface area contributed by atoms with Crippen molar-refractivity contribution in [2.45, 2.75) is 18.8 Å². The van der Waals surface area contributed by atoms with Gasteiger partial charge in [-0.2, -0.15) is 0 Å². The summed E-state index contributed by atoms with van der Waals surface area (Å²) in [4.78, 5) is 0. The standard InChI is InChI=1S/C10H14BrNO2S/c1-2-15(13,14)12-8-10-5-3-9(7-11)4-6-10/h3-6,12H,2,7-8H2,1H3. The Labute approximate surface area is 99.1 Å². The van der Waals surface area contributed by atoms with E-state index in [9.17, 15) is 8.42 Å². The normalized spacial score (nSPS) is 11.6. The van der Waals surface area contributed by atoms with Crippen molar-refractivity contribution in [2.24, 2.45) is 0 Å². The monoisotopic (exact) mass is 291 g/mol. The molecule has 0 aliphatic rings. The fraction of sp³-hybridized carbons (Fsp3) is 0.400. The second-order valence-electron chi connectivity index (χ2n) is 3.17. The minimum Gasteiger partial charge on any atom is -0.212 e. The van der Waals surface area contributed by atoms with Crippen molar-refractivity contribution in [1.82, 2.24) is 4.72 Å². The first-order chi connectivity index (χ1) is 7.07. The Kier molecular flexibility index (Phi) is 4.76. The van der Waals surface area contributed by atoms with Gasteiger partial charge in [0, 0.05) is 11.9 Å². The molecule has 1 aromatic carbocycles. The second-order valence-corrected chi connectivity index (χ2v) is 5.83. The van der Waals surface area contributed by atoms with Crippen LogP contribution in [0.15, 0.2) is 24.3 Å². The summed E-state index contributed by atoms with van der Waals surface area (Å²) >= 11 is 3.35. The van der Waals surface area contributed by atoms with Gasteiger partial charge in [0.1, 0.15) is 0 Å². The molecule has 0 aliphatic heterocycles. The van der Waals surface area contributed by atoms with Crippen LogP contribution in [0.5, 0.6) is 0 Å². The number of sulfonamides is 1. The van der Waals surface area contributed by atoms with E-state index in [1.54, 1.807) is 6.92 Å². The fourth-order valence-corrected chi connectivity index (χ4v) is 2.01. The maximum Gasteiger partial charge on any atom is 0.211 e. The molecule has 0 saturated carbocycles. The van der Waals surface area contributed by atoms with Gasteiger partial charge in [-0.1, -0.05) is 40.2 Å². The molecule has 84 valence electrons. The summed E-state index contributed by atoms with van der Waals surface area (Å²) in [5.74, 6) is 0.118. The highest BCUT2D eigenvalue weighted by Crippen LogP contribution is 2.07. The highest BCUT2D eigenvalue weighted by Gasteiger charge is 2.05. The van der Waals surface area contributed by atoms with Crippen molar-refractivity contribution in [1.29, 1.82) is 0 Å². The summed E-state index contributed by atoms with van der Waals surface area (Å²) in [5.41, 5.74) is 2.15. The average molecular weight is 292 g/mol. The van der Waals surface area contributed by atoms with E-state index >= 15 is 0 Å². The lowest BCUT2D eigenvalue weighted by atomic mass is 10.2. The van der Waals surface area contributed by atoms with Crippen molar-refractivity contribution < 1.29 is 8.42 Å². The zero-order valence-electron chi connectivity index (χ0n) is 8.53. The van der Waals surface area contributed by atoms with Gasteiger partial charge >= 0.3 is 0 Å². The van der Waals surface area contributed by atoms with E-state index in [1.807, 2.05) is 24.3 Å². The molecule has 1 N–H and O–H groups in total. The van der Waals surface area contributed by atoms with Crippen LogP contribution in [0.25, 0.3) is 0 Å². The van der Waals surface area contributed by atoms with E-state index in [2.05, 4.69) is 20.7 Å². The summed E-state index contributed by atoms with van der Waals surface area (Å²) in [5, 5.41) is 0.813. The van der Waals surface area contributed by atoms with Crippen LogP contribution in [0.4, 0.5) is 0 Å². The van der Waals surface area contributed by atoms with Crippen LogP contribution >= 0.6 is 15.9 Å². The number of nitrogens with one attached hydrogen (secondary N) is 1. The van der Waals surface area contributed by atoms with Crippen molar-refractivity contribution in [2.75, 3.05) is 5.75 Å². The van der Waals surface area contributed by atoms with Crippen molar-refractivity contribution >= 4 is 26.0 Å². The van der Waals surface area contributed by atoms with Crippen LogP contribution in [-0.4, -0.2) is 14.2 Å². The quantitative estimate of drug-likeness (QED) is 0.844. The highest BCUT2D eigenvalue weighted by atomic mass is 79.9.